The standard InChI is InChI=1S/C27H21N3O2/c28-26(31)20-10-5-4-9-19(20)16-30-23-12-6-11-22(27(29)32)25(23)21-14-13-18(15-24(21)30)17-7-2-1-3-8-17/h1-15H,16H2,(H2,28,31)(H2,29,32). The van der Waals surface area contributed by atoms with Crippen LogP contribution in [-0.4, -0.2) is 16.4 Å². The second kappa shape index (κ2) is 7.71. The first kappa shape index (κ1) is 19.6. The average Bonchev–Trinajstić information content (AvgIpc) is 3.13. The number of aromatic nitrogens is 1. The lowest BCUT2D eigenvalue weighted by molar-refractivity contribution is 0.0992. The molecule has 4 N–H and O–H groups in total. The number of hydrogen-bond donors (Lipinski definition) is 2. The van der Waals surface area contributed by atoms with Gasteiger partial charge in [0, 0.05) is 28.4 Å². The molecule has 0 atom stereocenters. The Kier molecular flexibility index (Phi) is 4.71. The van der Waals surface area contributed by atoms with Crippen molar-refractivity contribution < 1.29 is 9.59 Å². The number of primary amides is 2. The molecule has 0 aliphatic carbocycles. The summed E-state index contributed by atoms with van der Waals surface area (Å²) in [6, 6.07) is 29.2. The molecule has 5 rings (SSSR count). The van der Waals surface area contributed by atoms with E-state index < -0.39 is 11.8 Å². The molecule has 1 aromatic heterocycles. The lowest BCUT2D eigenvalue weighted by atomic mass is 10.0. The van der Waals surface area contributed by atoms with Crippen LogP contribution in [0.25, 0.3) is 32.9 Å². The molecular weight excluding hydrogens is 398 g/mol. The third kappa shape index (κ3) is 3.20. The molecule has 0 aliphatic rings. The van der Waals surface area contributed by atoms with Crippen LogP contribution in [0.1, 0.15) is 26.3 Å². The fourth-order valence-electron chi connectivity index (χ4n) is 4.40. The van der Waals surface area contributed by atoms with E-state index in [9.17, 15) is 9.59 Å². The molecule has 0 aliphatic heterocycles. The van der Waals surface area contributed by atoms with Crippen molar-refractivity contribution >= 4 is 33.6 Å². The minimum Gasteiger partial charge on any atom is -0.366 e. The Labute approximate surface area is 184 Å². The van der Waals surface area contributed by atoms with E-state index in [1.165, 1.54) is 0 Å². The summed E-state index contributed by atoms with van der Waals surface area (Å²) in [6.07, 6.45) is 0. The Morgan fingerprint density at radius 1 is 0.656 bits per heavy atom. The molecule has 0 bridgehead atoms. The topological polar surface area (TPSA) is 91.1 Å². The highest BCUT2D eigenvalue weighted by molar-refractivity contribution is 6.18. The summed E-state index contributed by atoms with van der Waals surface area (Å²) in [5.74, 6) is -0.941. The van der Waals surface area contributed by atoms with Crippen molar-refractivity contribution in [1.82, 2.24) is 4.57 Å². The summed E-state index contributed by atoms with van der Waals surface area (Å²) in [6.45, 7) is 0.430. The minimum absolute atomic E-state index is 0.430. The number of carbonyl (C=O) groups excluding carboxylic acids is 2. The normalized spacial score (nSPS) is 11.1. The van der Waals surface area contributed by atoms with Gasteiger partial charge in [0.1, 0.15) is 0 Å². The Hall–Kier alpha value is -4.38. The van der Waals surface area contributed by atoms with Gasteiger partial charge in [0.25, 0.3) is 0 Å². The van der Waals surface area contributed by atoms with Crippen LogP contribution in [0.3, 0.4) is 0 Å². The molecule has 0 spiro atoms. The van der Waals surface area contributed by atoms with Crippen molar-refractivity contribution in [2.24, 2.45) is 11.5 Å². The van der Waals surface area contributed by atoms with E-state index in [-0.39, 0.29) is 0 Å². The molecule has 5 nitrogen and oxygen atoms in total. The van der Waals surface area contributed by atoms with Crippen LogP contribution in [0.15, 0.2) is 91.0 Å². The van der Waals surface area contributed by atoms with Crippen molar-refractivity contribution in [3.05, 3.63) is 108 Å². The summed E-state index contributed by atoms with van der Waals surface area (Å²) in [5, 5.41) is 1.75. The van der Waals surface area contributed by atoms with Gasteiger partial charge in [-0.25, -0.2) is 0 Å². The summed E-state index contributed by atoms with van der Waals surface area (Å²) >= 11 is 0. The molecule has 0 saturated heterocycles. The first-order valence-corrected chi connectivity index (χ1v) is 10.3. The third-order valence-electron chi connectivity index (χ3n) is 5.87. The molecule has 1 heterocycles. The van der Waals surface area contributed by atoms with Crippen LogP contribution >= 0.6 is 0 Å². The van der Waals surface area contributed by atoms with Gasteiger partial charge in [-0.05, 0) is 41.0 Å². The largest absolute Gasteiger partial charge is 0.366 e. The molecule has 0 saturated carbocycles. The summed E-state index contributed by atoms with van der Waals surface area (Å²) < 4.78 is 2.12. The number of fused-ring (bicyclic) bond motifs is 3. The van der Waals surface area contributed by atoms with Gasteiger partial charge in [-0.2, -0.15) is 0 Å². The van der Waals surface area contributed by atoms with Gasteiger partial charge in [-0.3, -0.25) is 9.59 Å². The molecule has 156 valence electrons. The van der Waals surface area contributed by atoms with Gasteiger partial charge in [0.2, 0.25) is 11.8 Å². The Morgan fingerprint density at radius 2 is 1.34 bits per heavy atom. The predicted molar refractivity (Wildman–Crippen MR) is 127 cm³/mol. The zero-order chi connectivity index (χ0) is 22.2. The quantitative estimate of drug-likeness (QED) is 0.432. The maximum atomic E-state index is 12.2. The fourth-order valence-corrected chi connectivity index (χ4v) is 4.40. The van der Waals surface area contributed by atoms with Gasteiger partial charge in [0.05, 0.1) is 11.0 Å². The van der Waals surface area contributed by atoms with Gasteiger partial charge < -0.3 is 16.0 Å². The number of carbonyl (C=O) groups is 2. The van der Waals surface area contributed by atoms with E-state index in [1.807, 2.05) is 48.5 Å². The van der Waals surface area contributed by atoms with Crippen LogP contribution in [0.5, 0.6) is 0 Å². The number of nitrogens with two attached hydrogens (primary N) is 2. The first-order valence-electron chi connectivity index (χ1n) is 10.3. The van der Waals surface area contributed by atoms with Gasteiger partial charge in [-0.15, -0.1) is 0 Å². The van der Waals surface area contributed by atoms with E-state index >= 15 is 0 Å². The first-order chi connectivity index (χ1) is 15.5. The summed E-state index contributed by atoms with van der Waals surface area (Å²) in [4.78, 5) is 24.2. The average molecular weight is 419 g/mol. The highest BCUT2D eigenvalue weighted by Crippen LogP contribution is 2.35. The van der Waals surface area contributed by atoms with Crippen molar-refractivity contribution in [3.8, 4) is 11.1 Å². The molecule has 0 radical (unpaired) electrons. The minimum atomic E-state index is -0.473. The molecule has 0 fully saturated rings. The molecule has 32 heavy (non-hydrogen) atoms. The van der Waals surface area contributed by atoms with E-state index in [0.29, 0.717) is 17.7 Å². The van der Waals surface area contributed by atoms with Crippen LogP contribution in [-0.2, 0) is 6.54 Å². The fraction of sp³-hybridized carbons (Fsp3) is 0.0370. The molecular formula is C27H21N3O2. The number of hydrogen-bond acceptors (Lipinski definition) is 2. The third-order valence-corrected chi connectivity index (χ3v) is 5.87. The van der Waals surface area contributed by atoms with Crippen LogP contribution in [0.4, 0.5) is 0 Å². The molecule has 5 heteroatoms. The highest BCUT2D eigenvalue weighted by atomic mass is 16.1. The van der Waals surface area contributed by atoms with Crippen molar-refractivity contribution in [2.75, 3.05) is 0 Å². The van der Waals surface area contributed by atoms with Gasteiger partial charge in [0.15, 0.2) is 0 Å². The van der Waals surface area contributed by atoms with Crippen LogP contribution in [0, 0.1) is 0 Å². The number of benzene rings is 4. The summed E-state index contributed by atoms with van der Waals surface area (Å²) in [7, 11) is 0. The monoisotopic (exact) mass is 419 g/mol. The highest BCUT2D eigenvalue weighted by Gasteiger charge is 2.18. The Bertz CT molecular complexity index is 1500. The van der Waals surface area contributed by atoms with Crippen LogP contribution in [0.2, 0.25) is 0 Å². The van der Waals surface area contributed by atoms with E-state index in [0.717, 1.165) is 38.5 Å². The zero-order valence-corrected chi connectivity index (χ0v) is 17.3. The van der Waals surface area contributed by atoms with Crippen molar-refractivity contribution in [1.29, 1.82) is 0 Å². The maximum Gasteiger partial charge on any atom is 0.249 e. The Morgan fingerprint density at radius 3 is 2.09 bits per heavy atom. The van der Waals surface area contributed by atoms with Crippen LogP contribution < -0.4 is 11.5 Å². The zero-order valence-electron chi connectivity index (χ0n) is 17.3. The van der Waals surface area contributed by atoms with E-state index in [1.54, 1.807) is 18.2 Å². The number of nitrogens with zero attached hydrogens (tertiary/aromatic N) is 1. The lowest BCUT2D eigenvalue weighted by Gasteiger charge is -2.12. The second-order valence-electron chi connectivity index (χ2n) is 7.77. The molecule has 5 aromatic rings. The maximum absolute atomic E-state index is 12.2. The Balaban J connectivity index is 1.82. The van der Waals surface area contributed by atoms with Crippen molar-refractivity contribution in [2.45, 2.75) is 6.54 Å². The smallest absolute Gasteiger partial charge is 0.249 e. The van der Waals surface area contributed by atoms with E-state index in [2.05, 4.69) is 28.8 Å². The molecule has 2 amide bonds. The second-order valence-corrected chi connectivity index (χ2v) is 7.77. The number of amides is 2. The molecule has 4 aromatic carbocycles. The summed E-state index contributed by atoms with van der Waals surface area (Å²) in [5.41, 5.74) is 17.1. The van der Waals surface area contributed by atoms with Gasteiger partial charge >= 0.3 is 0 Å². The number of rotatable bonds is 5. The van der Waals surface area contributed by atoms with Gasteiger partial charge in [-0.1, -0.05) is 66.7 Å². The van der Waals surface area contributed by atoms with Crippen molar-refractivity contribution in [3.63, 3.8) is 0 Å². The lowest BCUT2D eigenvalue weighted by Crippen LogP contribution is -2.15. The molecule has 0 unspecified atom stereocenters. The predicted octanol–water partition coefficient (Wildman–Crippen LogP) is 4.71. The SMILES string of the molecule is NC(=O)c1ccccc1Cn1c2cc(-c3ccccc3)ccc2c2c(C(N)=O)cccc21. The van der Waals surface area contributed by atoms with E-state index in [4.69, 9.17) is 11.5 Å².